The van der Waals surface area contributed by atoms with Crippen LogP contribution >= 0.6 is 12.2 Å². The first-order valence-corrected chi connectivity index (χ1v) is 8.41. The van der Waals surface area contributed by atoms with Crippen LogP contribution in [-0.4, -0.2) is 15.9 Å². The number of nitrogens with zero attached hydrogens (tertiary/aromatic N) is 1. The number of benzene rings is 1. The zero-order valence-electron chi connectivity index (χ0n) is 13.2. The minimum absolute atomic E-state index is 0.0666. The van der Waals surface area contributed by atoms with Gasteiger partial charge in [-0.15, -0.1) is 0 Å². The molecule has 1 fully saturated rings. The molecule has 0 radical (unpaired) electrons. The maximum atomic E-state index is 13.7. The van der Waals surface area contributed by atoms with Crippen molar-refractivity contribution in [2.24, 2.45) is 5.92 Å². The summed E-state index contributed by atoms with van der Waals surface area (Å²) in [6.45, 7) is 0. The normalized spacial score (nSPS) is 14.9. The lowest BCUT2D eigenvalue weighted by atomic mass is 9.86. The molecular weight excluding hydrogens is 333 g/mol. The van der Waals surface area contributed by atoms with E-state index >= 15 is 0 Å². The molecule has 1 aliphatic rings. The molecule has 0 saturated heterocycles. The third kappa shape index (κ3) is 5.52. The maximum absolute atomic E-state index is 13.7. The number of hydrogen-bond acceptors (Lipinski definition) is 4. The lowest BCUT2D eigenvalue weighted by Crippen LogP contribution is -2.34. The number of hydrogen-bond donors (Lipinski definition) is 2. The molecule has 0 atom stereocenters. The Morgan fingerprint density at radius 3 is 2.71 bits per heavy atom. The average molecular weight is 353 g/mol. The molecule has 0 unspecified atom stereocenters. The van der Waals surface area contributed by atoms with Crippen molar-refractivity contribution in [3.63, 3.8) is 0 Å². The fourth-order valence-electron chi connectivity index (χ4n) is 2.88. The lowest BCUT2D eigenvalue weighted by molar-refractivity contribution is -0.384. The van der Waals surface area contributed by atoms with Crippen LogP contribution in [-0.2, 0) is 4.79 Å². The summed E-state index contributed by atoms with van der Waals surface area (Å²) in [6.07, 6.45) is 7.22. The quantitative estimate of drug-likeness (QED) is 0.476. The minimum atomic E-state index is -0.681. The van der Waals surface area contributed by atoms with E-state index in [0.29, 0.717) is 12.3 Å². The molecule has 1 aromatic rings. The van der Waals surface area contributed by atoms with E-state index in [1.165, 1.54) is 19.3 Å². The first-order chi connectivity index (χ1) is 11.5. The molecule has 1 aliphatic carbocycles. The van der Waals surface area contributed by atoms with Gasteiger partial charge in [0.05, 0.1) is 10.6 Å². The van der Waals surface area contributed by atoms with Crippen LogP contribution < -0.4 is 10.6 Å². The molecule has 0 heterocycles. The summed E-state index contributed by atoms with van der Waals surface area (Å²) in [6, 6.07) is 3.08. The lowest BCUT2D eigenvalue weighted by Gasteiger charge is -2.21. The Kier molecular flexibility index (Phi) is 6.60. The molecule has 8 heteroatoms. The van der Waals surface area contributed by atoms with Crippen LogP contribution in [0.3, 0.4) is 0 Å². The van der Waals surface area contributed by atoms with Crippen LogP contribution in [0.25, 0.3) is 0 Å². The molecule has 24 heavy (non-hydrogen) atoms. The van der Waals surface area contributed by atoms with Crippen molar-refractivity contribution >= 4 is 34.6 Å². The minimum Gasteiger partial charge on any atom is -0.330 e. The van der Waals surface area contributed by atoms with Gasteiger partial charge < -0.3 is 10.6 Å². The second-order valence-electron chi connectivity index (χ2n) is 5.97. The van der Waals surface area contributed by atoms with Gasteiger partial charge in [0.1, 0.15) is 5.82 Å². The Bertz CT molecular complexity index is 633. The van der Waals surface area contributed by atoms with Gasteiger partial charge in [0, 0.05) is 18.6 Å². The number of nitro benzene ring substituents is 1. The van der Waals surface area contributed by atoms with Crippen molar-refractivity contribution in [3.05, 3.63) is 34.1 Å². The van der Waals surface area contributed by atoms with E-state index in [2.05, 4.69) is 10.6 Å². The number of non-ortho nitro benzene ring substituents is 1. The molecule has 1 amide bonds. The summed E-state index contributed by atoms with van der Waals surface area (Å²) in [7, 11) is 0. The molecule has 0 aliphatic heterocycles. The summed E-state index contributed by atoms with van der Waals surface area (Å²) < 4.78 is 13.7. The summed E-state index contributed by atoms with van der Waals surface area (Å²) >= 11 is 4.97. The van der Waals surface area contributed by atoms with E-state index in [-0.39, 0.29) is 22.4 Å². The summed E-state index contributed by atoms with van der Waals surface area (Å²) in [5.74, 6) is -0.330. The van der Waals surface area contributed by atoms with Gasteiger partial charge in [-0.2, -0.15) is 0 Å². The van der Waals surface area contributed by atoms with E-state index in [1.54, 1.807) is 0 Å². The molecule has 2 rings (SSSR count). The summed E-state index contributed by atoms with van der Waals surface area (Å²) in [5, 5.41) is 15.6. The summed E-state index contributed by atoms with van der Waals surface area (Å²) in [4.78, 5) is 22.0. The number of rotatable bonds is 5. The van der Waals surface area contributed by atoms with Gasteiger partial charge in [-0.05, 0) is 30.6 Å². The van der Waals surface area contributed by atoms with Crippen molar-refractivity contribution in [3.8, 4) is 0 Å². The molecular formula is C16H20FN3O3S. The number of thiocarbonyl (C=S) groups is 1. The monoisotopic (exact) mass is 353 g/mol. The van der Waals surface area contributed by atoms with Crippen LogP contribution in [0, 0.1) is 21.8 Å². The Labute approximate surface area is 145 Å². The standard InChI is InChI=1S/C16H20FN3O3S/c17-13-8-7-12(20(22)23)10-14(13)18-16(24)19-15(21)9-6-11-4-2-1-3-5-11/h7-8,10-11H,1-6,9H2,(H2,18,19,21,24). The van der Waals surface area contributed by atoms with Crippen LogP contribution in [0.5, 0.6) is 0 Å². The van der Waals surface area contributed by atoms with Gasteiger partial charge in [-0.25, -0.2) is 4.39 Å². The van der Waals surface area contributed by atoms with Crippen molar-refractivity contribution in [1.82, 2.24) is 5.32 Å². The maximum Gasteiger partial charge on any atom is 0.271 e. The molecule has 1 saturated carbocycles. The Balaban J connectivity index is 1.82. The SMILES string of the molecule is O=C(CCC1CCCCC1)NC(=S)Nc1cc([N+](=O)[O-])ccc1F. The second-order valence-corrected chi connectivity index (χ2v) is 6.37. The Morgan fingerprint density at radius 2 is 2.04 bits per heavy atom. The van der Waals surface area contributed by atoms with Crippen molar-refractivity contribution in [2.75, 3.05) is 5.32 Å². The highest BCUT2D eigenvalue weighted by atomic mass is 32.1. The largest absolute Gasteiger partial charge is 0.330 e. The first-order valence-electron chi connectivity index (χ1n) is 8.00. The van der Waals surface area contributed by atoms with E-state index in [4.69, 9.17) is 12.2 Å². The van der Waals surface area contributed by atoms with E-state index < -0.39 is 10.7 Å². The molecule has 6 nitrogen and oxygen atoms in total. The van der Waals surface area contributed by atoms with Gasteiger partial charge in [0.15, 0.2) is 5.11 Å². The zero-order valence-corrected chi connectivity index (χ0v) is 14.0. The number of nitrogens with one attached hydrogen (secondary N) is 2. The molecule has 1 aromatic carbocycles. The number of amides is 1. The fraction of sp³-hybridized carbons (Fsp3) is 0.500. The average Bonchev–Trinajstić information content (AvgIpc) is 2.55. The molecule has 0 bridgehead atoms. The number of halogens is 1. The third-order valence-corrected chi connectivity index (χ3v) is 4.37. The predicted molar refractivity (Wildman–Crippen MR) is 93.2 cm³/mol. The predicted octanol–water partition coefficient (Wildman–Crippen LogP) is 3.91. The molecule has 0 spiro atoms. The van der Waals surface area contributed by atoms with E-state index in [0.717, 1.165) is 37.5 Å². The van der Waals surface area contributed by atoms with E-state index in [9.17, 15) is 19.3 Å². The van der Waals surface area contributed by atoms with Crippen molar-refractivity contribution < 1.29 is 14.1 Å². The van der Waals surface area contributed by atoms with Crippen LogP contribution in [0.15, 0.2) is 18.2 Å². The summed E-state index contributed by atoms with van der Waals surface area (Å²) in [5.41, 5.74) is -0.396. The second kappa shape index (κ2) is 8.68. The molecule has 2 N–H and O–H groups in total. The smallest absolute Gasteiger partial charge is 0.271 e. The van der Waals surface area contributed by atoms with Gasteiger partial charge in [-0.3, -0.25) is 14.9 Å². The highest BCUT2D eigenvalue weighted by Gasteiger charge is 2.16. The molecule has 130 valence electrons. The number of anilines is 1. The van der Waals surface area contributed by atoms with Crippen LogP contribution in [0.4, 0.5) is 15.8 Å². The van der Waals surface area contributed by atoms with Crippen molar-refractivity contribution in [1.29, 1.82) is 0 Å². The number of nitro groups is 1. The van der Waals surface area contributed by atoms with Gasteiger partial charge in [0.25, 0.3) is 5.69 Å². The van der Waals surface area contributed by atoms with Gasteiger partial charge >= 0.3 is 0 Å². The first kappa shape index (κ1) is 18.3. The molecule has 0 aromatic heterocycles. The van der Waals surface area contributed by atoms with Gasteiger partial charge in [0.2, 0.25) is 5.91 Å². The number of carbonyl (C=O) groups is 1. The number of carbonyl (C=O) groups excluding carboxylic acids is 1. The van der Waals surface area contributed by atoms with Crippen molar-refractivity contribution in [2.45, 2.75) is 44.9 Å². The zero-order chi connectivity index (χ0) is 17.5. The third-order valence-electron chi connectivity index (χ3n) is 4.17. The van der Waals surface area contributed by atoms with Crippen LogP contribution in [0.1, 0.15) is 44.9 Å². The highest BCUT2D eigenvalue weighted by molar-refractivity contribution is 7.80. The van der Waals surface area contributed by atoms with Crippen LogP contribution in [0.2, 0.25) is 0 Å². The van der Waals surface area contributed by atoms with E-state index in [1.807, 2.05) is 0 Å². The topological polar surface area (TPSA) is 84.3 Å². The van der Waals surface area contributed by atoms with Gasteiger partial charge in [-0.1, -0.05) is 32.1 Å². The highest BCUT2D eigenvalue weighted by Crippen LogP contribution is 2.27. The Morgan fingerprint density at radius 1 is 1.33 bits per heavy atom. The fourth-order valence-corrected chi connectivity index (χ4v) is 3.10. The Hall–Kier alpha value is -2.09.